The number of ketones is 2. The molecule has 0 saturated heterocycles. The maximum Gasteiger partial charge on any atom is 0.168 e. The molecular formula is C21H26N2O4. The summed E-state index contributed by atoms with van der Waals surface area (Å²) < 4.78 is 5.44. The Morgan fingerprint density at radius 2 is 2.07 bits per heavy atom. The number of Topliss-reactive ketones (excluding diaryl/α,β-unsaturated/α-hetero) is 2. The van der Waals surface area contributed by atoms with Gasteiger partial charge in [-0.05, 0) is 24.7 Å². The molecule has 0 radical (unpaired) electrons. The smallest absolute Gasteiger partial charge is 0.168 e. The Bertz CT molecular complexity index is 842. The Morgan fingerprint density at radius 1 is 1.30 bits per heavy atom. The van der Waals surface area contributed by atoms with E-state index in [1.807, 2.05) is 13.8 Å². The van der Waals surface area contributed by atoms with E-state index in [-0.39, 0.29) is 22.7 Å². The molecule has 1 heterocycles. The molecule has 2 aliphatic carbocycles. The second-order valence-electron chi connectivity index (χ2n) is 8.04. The Morgan fingerprint density at radius 3 is 2.78 bits per heavy atom. The van der Waals surface area contributed by atoms with Crippen LogP contribution in [0.2, 0.25) is 0 Å². The molecule has 0 spiro atoms. The first kappa shape index (κ1) is 19.3. The third-order valence-electron chi connectivity index (χ3n) is 5.07. The summed E-state index contributed by atoms with van der Waals surface area (Å²) in [5.74, 6) is 0.722. The summed E-state index contributed by atoms with van der Waals surface area (Å²) in [6.45, 7) is 8.11. The van der Waals surface area contributed by atoms with Gasteiger partial charge in [-0.15, -0.1) is 6.58 Å². The highest BCUT2D eigenvalue weighted by molar-refractivity contribution is 6.23. The monoisotopic (exact) mass is 370 g/mol. The molecule has 3 rings (SSSR count). The van der Waals surface area contributed by atoms with Crippen molar-refractivity contribution in [2.45, 2.75) is 58.8 Å². The van der Waals surface area contributed by atoms with Crippen molar-refractivity contribution in [1.82, 2.24) is 5.16 Å². The molecule has 1 N–H and O–H groups in total. The summed E-state index contributed by atoms with van der Waals surface area (Å²) in [7, 11) is 0. The molecule has 1 aromatic rings. The summed E-state index contributed by atoms with van der Waals surface area (Å²) in [6.07, 6.45) is 5.21. The lowest BCUT2D eigenvalue weighted by molar-refractivity contribution is -0.115. The van der Waals surface area contributed by atoms with Crippen LogP contribution in [0.4, 0.5) is 0 Å². The van der Waals surface area contributed by atoms with E-state index in [4.69, 9.17) is 4.52 Å². The van der Waals surface area contributed by atoms with E-state index in [0.717, 1.165) is 0 Å². The maximum atomic E-state index is 12.6. The third-order valence-corrected chi connectivity index (χ3v) is 5.07. The molecule has 6 nitrogen and oxygen atoms in total. The van der Waals surface area contributed by atoms with Gasteiger partial charge in [-0.1, -0.05) is 25.1 Å². The molecule has 2 aliphatic rings. The minimum atomic E-state index is -0.122. The zero-order valence-corrected chi connectivity index (χ0v) is 16.0. The third kappa shape index (κ3) is 4.10. The van der Waals surface area contributed by atoms with Crippen molar-refractivity contribution in [3.05, 3.63) is 41.0 Å². The second-order valence-corrected chi connectivity index (χ2v) is 8.04. The molecule has 0 bridgehead atoms. The zero-order chi connectivity index (χ0) is 19.6. The summed E-state index contributed by atoms with van der Waals surface area (Å²) >= 11 is 0. The predicted molar refractivity (Wildman–Crippen MR) is 102 cm³/mol. The van der Waals surface area contributed by atoms with Gasteiger partial charge in [0, 0.05) is 31.4 Å². The quantitative estimate of drug-likeness (QED) is 0.604. The van der Waals surface area contributed by atoms with Gasteiger partial charge in [0.15, 0.2) is 11.6 Å². The van der Waals surface area contributed by atoms with Crippen molar-refractivity contribution in [3.8, 4) is 0 Å². The lowest BCUT2D eigenvalue weighted by Gasteiger charge is -2.26. The number of aromatic nitrogens is 1. The Labute approximate surface area is 159 Å². The van der Waals surface area contributed by atoms with E-state index in [0.29, 0.717) is 79.8 Å². The van der Waals surface area contributed by atoms with Crippen LogP contribution in [-0.2, 0) is 17.6 Å². The van der Waals surface area contributed by atoms with Crippen LogP contribution in [0.25, 0.3) is 0 Å². The van der Waals surface area contributed by atoms with Crippen LogP contribution in [-0.4, -0.2) is 34.1 Å². The molecule has 1 aromatic heterocycles. The number of carbonyl (C=O) groups excluding carboxylic acids is 2. The maximum absolute atomic E-state index is 12.6. The molecule has 144 valence electrons. The molecule has 0 amide bonds. The second kappa shape index (κ2) is 7.62. The SMILES string of the molecule is C=CCN=C(CCc1noc2c1C(=O)CC(C)(C)C2)C1=C(O)CCCC1=O. The van der Waals surface area contributed by atoms with Crippen molar-refractivity contribution in [3.63, 3.8) is 0 Å². The van der Waals surface area contributed by atoms with Crippen molar-refractivity contribution in [1.29, 1.82) is 0 Å². The van der Waals surface area contributed by atoms with Gasteiger partial charge in [0.05, 0.1) is 23.4 Å². The van der Waals surface area contributed by atoms with Gasteiger partial charge < -0.3 is 9.63 Å². The van der Waals surface area contributed by atoms with Crippen LogP contribution in [0.1, 0.15) is 67.8 Å². The van der Waals surface area contributed by atoms with Crippen LogP contribution in [0.5, 0.6) is 0 Å². The largest absolute Gasteiger partial charge is 0.511 e. The van der Waals surface area contributed by atoms with Crippen molar-refractivity contribution < 1.29 is 19.2 Å². The van der Waals surface area contributed by atoms with Crippen LogP contribution in [0, 0.1) is 5.41 Å². The highest BCUT2D eigenvalue weighted by Gasteiger charge is 2.36. The summed E-state index contributed by atoms with van der Waals surface area (Å²) in [5.41, 5.74) is 1.96. The Balaban J connectivity index is 1.84. The zero-order valence-electron chi connectivity index (χ0n) is 16.0. The minimum Gasteiger partial charge on any atom is -0.511 e. The number of carbonyl (C=O) groups is 2. The fraction of sp³-hybridized carbons (Fsp3) is 0.524. The number of aryl methyl sites for hydroxylation is 1. The van der Waals surface area contributed by atoms with Gasteiger partial charge in [0.2, 0.25) is 0 Å². The number of fused-ring (bicyclic) bond motifs is 1. The van der Waals surface area contributed by atoms with E-state index in [9.17, 15) is 14.7 Å². The first-order chi connectivity index (χ1) is 12.8. The van der Waals surface area contributed by atoms with E-state index in [2.05, 4.69) is 16.7 Å². The first-order valence-electron chi connectivity index (χ1n) is 9.43. The van der Waals surface area contributed by atoms with Crippen molar-refractivity contribution in [2.24, 2.45) is 10.4 Å². The fourth-order valence-corrected chi connectivity index (χ4v) is 3.84. The molecule has 0 saturated carbocycles. The number of aliphatic hydroxyl groups is 1. The molecule has 6 heteroatoms. The molecule has 0 fully saturated rings. The molecule has 0 aliphatic heterocycles. The molecular weight excluding hydrogens is 344 g/mol. The Hall–Kier alpha value is -2.50. The number of hydrogen-bond acceptors (Lipinski definition) is 6. The first-order valence-corrected chi connectivity index (χ1v) is 9.43. The number of aliphatic imine (C=N–C) groups is 1. The molecule has 0 aromatic carbocycles. The predicted octanol–water partition coefficient (Wildman–Crippen LogP) is 3.95. The number of hydrogen-bond donors (Lipinski definition) is 1. The van der Waals surface area contributed by atoms with Crippen LogP contribution < -0.4 is 0 Å². The van der Waals surface area contributed by atoms with Crippen molar-refractivity contribution in [2.75, 3.05) is 6.54 Å². The van der Waals surface area contributed by atoms with Crippen LogP contribution in [0.15, 0.2) is 33.5 Å². The standard InChI is InChI=1S/C21H26N2O4/c1-4-10-22-13(19-15(24)6-5-7-16(19)25)8-9-14-20-17(26)11-21(2,3)12-18(20)27-23-14/h4,24H,1,5-12H2,2-3H3. The topological polar surface area (TPSA) is 92.8 Å². The van der Waals surface area contributed by atoms with E-state index < -0.39 is 0 Å². The van der Waals surface area contributed by atoms with E-state index >= 15 is 0 Å². The Kier molecular flexibility index (Phi) is 5.44. The average molecular weight is 370 g/mol. The van der Waals surface area contributed by atoms with Gasteiger partial charge in [-0.25, -0.2) is 0 Å². The minimum absolute atomic E-state index is 0.0536. The van der Waals surface area contributed by atoms with Gasteiger partial charge in [-0.2, -0.15) is 0 Å². The normalized spacial score (nSPS) is 20.0. The average Bonchev–Trinajstić information content (AvgIpc) is 2.98. The summed E-state index contributed by atoms with van der Waals surface area (Å²) in [5, 5.41) is 14.3. The van der Waals surface area contributed by atoms with E-state index in [1.165, 1.54) is 0 Å². The lowest BCUT2D eigenvalue weighted by Crippen LogP contribution is -2.26. The van der Waals surface area contributed by atoms with Crippen LogP contribution in [0.3, 0.4) is 0 Å². The highest BCUT2D eigenvalue weighted by Crippen LogP contribution is 2.36. The number of aliphatic hydroxyl groups excluding tert-OH is 1. The van der Waals surface area contributed by atoms with Crippen LogP contribution >= 0.6 is 0 Å². The van der Waals surface area contributed by atoms with E-state index in [1.54, 1.807) is 6.08 Å². The number of nitrogens with zero attached hydrogens (tertiary/aromatic N) is 2. The fourth-order valence-electron chi connectivity index (χ4n) is 3.84. The van der Waals surface area contributed by atoms with Gasteiger partial charge in [0.25, 0.3) is 0 Å². The molecule has 0 unspecified atom stereocenters. The summed E-state index contributed by atoms with van der Waals surface area (Å²) in [6, 6.07) is 0. The molecule has 27 heavy (non-hydrogen) atoms. The van der Waals surface area contributed by atoms with Gasteiger partial charge in [0.1, 0.15) is 11.5 Å². The number of allylic oxidation sites excluding steroid dienone is 2. The highest BCUT2D eigenvalue weighted by atomic mass is 16.5. The van der Waals surface area contributed by atoms with Gasteiger partial charge in [-0.3, -0.25) is 14.6 Å². The lowest BCUT2D eigenvalue weighted by atomic mass is 9.76. The van der Waals surface area contributed by atoms with Crippen molar-refractivity contribution >= 4 is 17.3 Å². The van der Waals surface area contributed by atoms with Gasteiger partial charge >= 0.3 is 0 Å². The molecule has 0 atom stereocenters. The number of rotatable bonds is 6. The summed E-state index contributed by atoms with van der Waals surface area (Å²) in [4.78, 5) is 29.3.